The van der Waals surface area contributed by atoms with E-state index in [1.807, 2.05) is 6.92 Å². The Bertz CT molecular complexity index is 1020. The normalized spacial score (nSPS) is 15.9. The Labute approximate surface area is 169 Å². The first-order chi connectivity index (χ1) is 14.1. The fourth-order valence-electron chi connectivity index (χ4n) is 4.07. The molecule has 1 aromatic heterocycles. The molecule has 2 aromatic rings. The molecule has 0 unspecified atom stereocenters. The molecule has 0 spiro atoms. The second-order valence-corrected chi connectivity index (χ2v) is 7.54. The number of methoxy groups -OCH3 is 1. The molecule has 0 amide bonds. The molecule has 2 aliphatic rings. The number of carbonyl (C=O) groups excluding carboxylic acids is 1. The van der Waals surface area contributed by atoms with Gasteiger partial charge in [-0.25, -0.2) is 9.79 Å². The van der Waals surface area contributed by atoms with Crippen molar-refractivity contribution in [3.63, 3.8) is 0 Å². The van der Waals surface area contributed by atoms with E-state index in [0.29, 0.717) is 41.6 Å². The van der Waals surface area contributed by atoms with Crippen molar-refractivity contribution < 1.29 is 14.3 Å². The number of nitrogens with zero attached hydrogens (tertiary/aromatic N) is 3. The first-order valence-electron chi connectivity index (χ1n) is 10.2. The number of carbonyl (C=O) groups is 1. The van der Waals surface area contributed by atoms with Gasteiger partial charge in [-0.2, -0.15) is 4.98 Å². The molecule has 7 heteroatoms. The highest BCUT2D eigenvalue weighted by Crippen LogP contribution is 2.34. The molecule has 0 bridgehead atoms. The minimum atomic E-state index is -0.450. The van der Waals surface area contributed by atoms with Gasteiger partial charge in [0.05, 0.1) is 18.2 Å². The Morgan fingerprint density at radius 3 is 2.79 bits per heavy atom. The van der Waals surface area contributed by atoms with Gasteiger partial charge < -0.3 is 9.47 Å². The Hall–Kier alpha value is -2.96. The predicted molar refractivity (Wildman–Crippen MR) is 109 cm³/mol. The lowest BCUT2D eigenvalue weighted by Gasteiger charge is -2.13. The zero-order chi connectivity index (χ0) is 20.4. The summed E-state index contributed by atoms with van der Waals surface area (Å²) in [4.78, 5) is 34.2. The van der Waals surface area contributed by atoms with Crippen molar-refractivity contribution in [2.24, 2.45) is 10.9 Å². The fraction of sp³-hybridized carbons (Fsp3) is 0.455. The second-order valence-electron chi connectivity index (χ2n) is 7.54. The van der Waals surface area contributed by atoms with Gasteiger partial charge in [-0.1, -0.05) is 25.8 Å². The standard InChI is InChI=1S/C22H25N3O4/c1-3-11-25-20(26)17-13-18(14-7-4-5-8-14)23-19(17)24-22(25)29-16-10-6-9-15(12-16)21(27)28-2/h6,9-10,12,14H,3-5,7-8,11,13H2,1-2H3. The van der Waals surface area contributed by atoms with Crippen LogP contribution in [0.5, 0.6) is 11.8 Å². The number of hydrogen-bond acceptors (Lipinski definition) is 6. The molecule has 0 saturated heterocycles. The monoisotopic (exact) mass is 395 g/mol. The van der Waals surface area contributed by atoms with Gasteiger partial charge in [0.25, 0.3) is 5.56 Å². The summed E-state index contributed by atoms with van der Waals surface area (Å²) in [5, 5.41) is 0. The molecule has 1 saturated carbocycles. The number of fused-ring (bicyclic) bond motifs is 1. The molecule has 1 aromatic carbocycles. The molecule has 29 heavy (non-hydrogen) atoms. The second kappa shape index (κ2) is 8.19. The fourth-order valence-corrected chi connectivity index (χ4v) is 4.07. The van der Waals surface area contributed by atoms with Crippen LogP contribution < -0.4 is 10.3 Å². The summed E-state index contributed by atoms with van der Waals surface area (Å²) in [6.07, 6.45) is 6.08. The van der Waals surface area contributed by atoms with Crippen LogP contribution >= 0.6 is 0 Å². The number of aromatic nitrogens is 2. The van der Waals surface area contributed by atoms with Crippen LogP contribution in [-0.2, 0) is 17.7 Å². The third-order valence-corrected chi connectivity index (χ3v) is 5.55. The lowest BCUT2D eigenvalue weighted by molar-refractivity contribution is 0.0600. The van der Waals surface area contributed by atoms with E-state index in [4.69, 9.17) is 14.5 Å². The molecule has 0 atom stereocenters. The van der Waals surface area contributed by atoms with E-state index >= 15 is 0 Å². The molecule has 4 rings (SSSR count). The van der Waals surface area contributed by atoms with Gasteiger partial charge in [0.1, 0.15) is 5.75 Å². The van der Waals surface area contributed by atoms with Gasteiger partial charge in [-0.05, 0) is 43.4 Å². The van der Waals surface area contributed by atoms with Crippen molar-refractivity contribution in [1.82, 2.24) is 9.55 Å². The van der Waals surface area contributed by atoms with Crippen molar-refractivity contribution in [2.45, 2.75) is 52.0 Å². The van der Waals surface area contributed by atoms with E-state index in [2.05, 4.69) is 4.98 Å². The molecule has 2 heterocycles. The largest absolute Gasteiger partial charge is 0.465 e. The smallest absolute Gasteiger partial charge is 0.337 e. The third kappa shape index (κ3) is 3.81. The summed E-state index contributed by atoms with van der Waals surface area (Å²) >= 11 is 0. The van der Waals surface area contributed by atoms with Crippen LogP contribution in [0.25, 0.3) is 0 Å². The van der Waals surface area contributed by atoms with Crippen molar-refractivity contribution >= 4 is 17.5 Å². The molecular weight excluding hydrogens is 370 g/mol. The van der Waals surface area contributed by atoms with Crippen molar-refractivity contribution in [3.8, 4) is 11.8 Å². The van der Waals surface area contributed by atoms with Gasteiger partial charge in [0.15, 0.2) is 5.82 Å². The summed E-state index contributed by atoms with van der Waals surface area (Å²) < 4.78 is 12.3. The summed E-state index contributed by atoms with van der Waals surface area (Å²) in [7, 11) is 1.33. The van der Waals surface area contributed by atoms with Crippen LogP contribution in [0.2, 0.25) is 0 Å². The highest BCUT2D eigenvalue weighted by atomic mass is 16.5. The molecule has 1 fully saturated rings. The molecule has 0 N–H and O–H groups in total. The van der Waals surface area contributed by atoms with Crippen molar-refractivity contribution in [3.05, 3.63) is 45.7 Å². The SMILES string of the molecule is CCCn1c(Oc2cccc(C(=O)OC)c2)nc2c(c1=O)CC(C1CCCC1)=N2. The van der Waals surface area contributed by atoms with Gasteiger partial charge in [-0.15, -0.1) is 0 Å². The number of hydrogen-bond donors (Lipinski definition) is 0. The Balaban J connectivity index is 1.70. The zero-order valence-corrected chi connectivity index (χ0v) is 16.8. The number of ether oxygens (including phenoxy) is 2. The minimum absolute atomic E-state index is 0.0901. The molecule has 0 radical (unpaired) electrons. The van der Waals surface area contributed by atoms with E-state index in [1.165, 1.54) is 20.0 Å². The quantitative estimate of drug-likeness (QED) is 0.689. The van der Waals surface area contributed by atoms with Crippen molar-refractivity contribution in [2.75, 3.05) is 7.11 Å². The highest BCUT2D eigenvalue weighted by Gasteiger charge is 2.29. The first-order valence-corrected chi connectivity index (χ1v) is 10.2. The maximum Gasteiger partial charge on any atom is 0.337 e. The number of esters is 1. The van der Waals surface area contributed by atoms with Crippen molar-refractivity contribution in [1.29, 1.82) is 0 Å². The average Bonchev–Trinajstić information content (AvgIpc) is 3.40. The lowest BCUT2D eigenvalue weighted by atomic mass is 9.98. The maximum atomic E-state index is 13.1. The summed E-state index contributed by atoms with van der Waals surface area (Å²) in [6, 6.07) is 6.85. The molecule has 1 aliphatic heterocycles. The van der Waals surface area contributed by atoms with Gasteiger partial charge in [-0.3, -0.25) is 9.36 Å². The topological polar surface area (TPSA) is 82.8 Å². The molecule has 152 valence electrons. The average molecular weight is 395 g/mol. The summed E-state index contributed by atoms with van der Waals surface area (Å²) in [5.41, 5.74) is 2.02. The zero-order valence-electron chi connectivity index (χ0n) is 16.8. The minimum Gasteiger partial charge on any atom is -0.465 e. The van der Waals surface area contributed by atoms with E-state index in [0.717, 1.165) is 25.0 Å². The number of aliphatic imine (C=N–C) groups is 1. The maximum absolute atomic E-state index is 13.1. The van der Waals surface area contributed by atoms with Crippen LogP contribution in [0.15, 0.2) is 34.1 Å². The van der Waals surface area contributed by atoms with Gasteiger partial charge in [0, 0.05) is 18.7 Å². The summed E-state index contributed by atoms with van der Waals surface area (Å²) in [6.45, 7) is 2.51. The van der Waals surface area contributed by atoms with E-state index in [1.54, 1.807) is 28.8 Å². The molecule has 7 nitrogen and oxygen atoms in total. The predicted octanol–water partition coefficient (Wildman–Crippen LogP) is 4.05. The van der Waals surface area contributed by atoms with Crippen LogP contribution in [0.4, 0.5) is 5.82 Å². The van der Waals surface area contributed by atoms with Crippen LogP contribution in [0.3, 0.4) is 0 Å². The Kier molecular flexibility index (Phi) is 5.47. The van der Waals surface area contributed by atoms with Gasteiger partial charge in [0.2, 0.25) is 0 Å². The molecule has 1 aliphatic carbocycles. The van der Waals surface area contributed by atoms with E-state index in [9.17, 15) is 9.59 Å². The number of benzene rings is 1. The Morgan fingerprint density at radius 1 is 1.28 bits per heavy atom. The molecular formula is C22H25N3O4. The van der Waals surface area contributed by atoms with E-state index in [-0.39, 0.29) is 11.6 Å². The first kappa shape index (κ1) is 19.4. The summed E-state index contributed by atoms with van der Waals surface area (Å²) in [5.74, 6) is 0.907. The number of rotatable bonds is 6. The van der Waals surface area contributed by atoms with Crippen LogP contribution in [0, 0.1) is 5.92 Å². The lowest BCUT2D eigenvalue weighted by Crippen LogP contribution is -2.26. The van der Waals surface area contributed by atoms with Gasteiger partial charge >= 0.3 is 12.0 Å². The van der Waals surface area contributed by atoms with Crippen LogP contribution in [-0.4, -0.2) is 28.3 Å². The third-order valence-electron chi connectivity index (χ3n) is 5.55. The van der Waals surface area contributed by atoms with E-state index < -0.39 is 5.97 Å². The van der Waals surface area contributed by atoms with Crippen LogP contribution in [0.1, 0.15) is 54.9 Å². The highest BCUT2D eigenvalue weighted by molar-refractivity contribution is 5.95. The Morgan fingerprint density at radius 2 is 2.07 bits per heavy atom.